The molecule has 13 heteroatoms. The highest BCUT2D eigenvalue weighted by molar-refractivity contribution is 7.89. The molecule has 5 rings (SSSR count). The predicted molar refractivity (Wildman–Crippen MR) is 172 cm³/mol. The first-order valence-electron chi connectivity index (χ1n) is 14.9. The number of benzene rings is 2. The van der Waals surface area contributed by atoms with Crippen LogP contribution in [-0.2, 0) is 21.3 Å². The van der Waals surface area contributed by atoms with E-state index in [0.29, 0.717) is 36.8 Å². The zero-order chi connectivity index (χ0) is 32.5. The van der Waals surface area contributed by atoms with Crippen LogP contribution < -0.4 is 20.1 Å². The largest absolute Gasteiger partial charge is 0.439 e. The fraction of sp³-hybridized carbons (Fsp3) is 0.303. The minimum absolute atomic E-state index is 0.0784. The summed E-state index contributed by atoms with van der Waals surface area (Å²) in [5, 5.41) is 5.94. The molecule has 1 saturated heterocycles. The standard InChI is InChI=1S/C33H37FN6O5S/c1-23-6-8-28(21-35-23)38-33(41)39-31-19-26(25-4-3-5-27(34)18-25)14-16-40(31)22-24-7-13-32(36-20-24)45-29-9-11-30(12-10-29)46(42,43)37-15-17-44-2/h3-13,18,20-21,26,31,37H,14-17,19,22H2,1-2H3,(H2,38,39,41). The lowest BCUT2D eigenvalue weighted by Gasteiger charge is -2.40. The number of anilines is 1. The summed E-state index contributed by atoms with van der Waals surface area (Å²) in [5.41, 5.74) is 3.26. The van der Waals surface area contributed by atoms with Crippen LogP contribution >= 0.6 is 0 Å². The second-order valence-corrected chi connectivity index (χ2v) is 12.8. The van der Waals surface area contributed by atoms with Gasteiger partial charge >= 0.3 is 6.03 Å². The van der Waals surface area contributed by atoms with E-state index in [9.17, 15) is 17.6 Å². The Kier molecular flexibility index (Phi) is 10.9. The van der Waals surface area contributed by atoms with Gasteiger partial charge in [-0.05, 0) is 85.3 Å². The molecule has 3 heterocycles. The number of pyridine rings is 2. The van der Waals surface area contributed by atoms with Crippen molar-refractivity contribution in [3.8, 4) is 11.6 Å². The van der Waals surface area contributed by atoms with Crippen LogP contribution in [0.2, 0.25) is 0 Å². The number of nitrogens with zero attached hydrogens (tertiary/aromatic N) is 3. The van der Waals surface area contributed by atoms with Gasteiger partial charge in [0.2, 0.25) is 15.9 Å². The van der Waals surface area contributed by atoms with Gasteiger partial charge < -0.3 is 20.1 Å². The molecular weight excluding hydrogens is 611 g/mol. The molecule has 2 aromatic carbocycles. The van der Waals surface area contributed by atoms with Crippen LogP contribution in [0.15, 0.2) is 90.1 Å². The number of amides is 2. The van der Waals surface area contributed by atoms with Gasteiger partial charge in [-0.2, -0.15) is 0 Å². The summed E-state index contributed by atoms with van der Waals surface area (Å²) >= 11 is 0. The molecule has 1 aliphatic heterocycles. The molecule has 46 heavy (non-hydrogen) atoms. The van der Waals surface area contributed by atoms with Crippen molar-refractivity contribution in [2.24, 2.45) is 0 Å². The summed E-state index contributed by atoms with van der Waals surface area (Å²) in [5.74, 6) is 0.589. The molecule has 2 atom stereocenters. The molecule has 2 aromatic heterocycles. The zero-order valence-corrected chi connectivity index (χ0v) is 26.5. The van der Waals surface area contributed by atoms with Crippen LogP contribution in [-0.4, -0.2) is 62.3 Å². The van der Waals surface area contributed by atoms with Crippen molar-refractivity contribution < 1.29 is 27.1 Å². The number of sulfonamides is 1. The zero-order valence-electron chi connectivity index (χ0n) is 25.6. The van der Waals surface area contributed by atoms with Crippen molar-refractivity contribution >= 4 is 21.7 Å². The van der Waals surface area contributed by atoms with E-state index in [4.69, 9.17) is 9.47 Å². The number of hydrogen-bond donors (Lipinski definition) is 3. The van der Waals surface area contributed by atoms with Crippen molar-refractivity contribution in [3.63, 3.8) is 0 Å². The van der Waals surface area contributed by atoms with Crippen molar-refractivity contribution in [3.05, 3.63) is 108 Å². The quantitative estimate of drug-likeness (QED) is 0.179. The van der Waals surface area contributed by atoms with E-state index in [0.717, 1.165) is 23.2 Å². The van der Waals surface area contributed by atoms with Gasteiger partial charge in [0.1, 0.15) is 11.6 Å². The summed E-state index contributed by atoms with van der Waals surface area (Å²) in [6.45, 7) is 3.51. The first-order valence-corrected chi connectivity index (χ1v) is 16.4. The number of piperidine rings is 1. The molecule has 2 unspecified atom stereocenters. The molecule has 0 radical (unpaired) electrons. The number of carbonyl (C=O) groups is 1. The van der Waals surface area contributed by atoms with Gasteiger partial charge in [-0.3, -0.25) is 9.88 Å². The molecule has 1 aliphatic rings. The minimum Gasteiger partial charge on any atom is -0.439 e. The molecule has 3 N–H and O–H groups in total. The maximum Gasteiger partial charge on any atom is 0.320 e. The summed E-state index contributed by atoms with van der Waals surface area (Å²) in [4.78, 5) is 24.0. The second-order valence-electron chi connectivity index (χ2n) is 11.0. The highest BCUT2D eigenvalue weighted by Crippen LogP contribution is 2.32. The third-order valence-electron chi connectivity index (χ3n) is 7.64. The SMILES string of the molecule is COCCNS(=O)(=O)c1ccc(Oc2ccc(CN3CCC(c4cccc(F)c4)CC3NC(=O)Nc3ccc(C)nc3)cn2)cc1. The Morgan fingerprint density at radius 2 is 1.87 bits per heavy atom. The van der Waals surface area contributed by atoms with Crippen molar-refractivity contribution in [1.29, 1.82) is 0 Å². The molecule has 2 amide bonds. The average Bonchev–Trinajstić information content (AvgIpc) is 3.04. The summed E-state index contributed by atoms with van der Waals surface area (Å²) in [7, 11) is -2.15. The fourth-order valence-electron chi connectivity index (χ4n) is 5.25. The number of ether oxygens (including phenoxy) is 2. The molecule has 0 aliphatic carbocycles. The first kappa shape index (κ1) is 32.9. The van der Waals surface area contributed by atoms with Gasteiger partial charge in [-0.1, -0.05) is 18.2 Å². The van der Waals surface area contributed by atoms with E-state index in [2.05, 4.69) is 30.2 Å². The van der Waals surface area contributed by atoms with E-state index in [-0.39, 0.29) is 42.0 Å². The van der Waals surface area contributed by atoms with Crippen molar-refractivity contribution in [2.75, 3.05) is 32.1 Å². The number of urea groups is 1. The van der Waals surface area contributed by atoms with E-state index in [1.165, 1.54) is 25.3 Å². The Morgan fingerprint density at radius 1 is 1.04 bits per heavy atom. The number of carbonyl (C=O) groups excluding carboxylic acids is 1. The average molecular weight is 649 g/mol. The number of rotatable bonds is 12. The number of nitrogens with one attached hydrogen (secondary N) is 3. The summed E-state index contributed by atoms with van der Waals surface area (Å²) in [6.07, 6.45) is 4.39. The number of aromatic nitrogens is 2. The number of likely N-dealkylation sites (tertiary alicyclic amines) is 1. The third kappa shape index (κ3) is 9.07. The molecule has 11 nitrogen and oxygen atoms in total. The summed E-state index contributed by atoms with van der Waals surface area (Å²) in [6, 6.07) is 19.6. The second kappa shape index (κ2) is 15.2. The van der Waals surface area contributed by atoms with Crippen molar-refractivity contribution in [2.45, 2.75) is 43.3 Å². The molecule has 0 spiro atoms. The van der Waals surface area contributed by atoms with Crippen molar-refractivity contribution in [1.82, 2.24) is 24.9 Å². The van der Waals surface area contributed by atoms with Gasteiger partial charge in [0.15, 0.2) is 0 Å². The topological polar surface area (TPSA) is 135 Å². The molecule has 0 saturated carbocycles. The maximum atomic E-state index is 14.0. The highest BCUT2D eigenvalue weighted by Gasteiger charge is 2.31. The van der Waals surface area contributed by atoms with Crippen LogP contribution in [0.5, 0.6) is 11.6 Å². The monoisotopic (exact) mass is 648 g/mol. The summed E-state index contributed by atoms with van der Waals surface area (Å²) < 4.78 is 52.0. The minimum atomic E-state index is -3.65. The molecule has 4 aromatic rings. The van der Waals surface area contributed by atoms with Crippen LogP contribution in [0.4, 0.5) is 14.9 Å². The smallest absolute Gasteiger partial charge is 0.320 e. The molecule has 1 fully saturated rings. The Morgan fingerprint density at radius 3 is 2.57 bits per heavy atom. The Labute approximate surface area is 268 Å². The van der Waals surface area contributed by atoms with Gasteiger partial charge in [-0.25, -0.2) is 27.3 Å². The lowest BCUT2D eigenvalue weighted by molar-refractivity contribution is 0.108. The molecule has 242 valence electrons. The van der Waals surface area contributed by atoms with Gasteiger partial charge in [0.25, 0.3) is 0 Å². The highest BCUT2D eigenvalue weighted by atomic mass is 32.2. The number of methoxy groups -OCH3 is 1. The Hall–Kier alpha value is -4.43. The third-order valence-corrected chi connectivity index (χ3v) is 9.12. The van der Waals surface area contributed by atoms with E-state index in [1.807, 2.05) is 25.1 Å². The maximum absolute atomic E-state index is 14.0. The normalized spacial score (nSPS) is 16.9. The van der Waals surface area contributed by atoms with Crippen LogP contribution in [0.1, 0.15) is 35.6 Å². The number of aryl methyl sites for hydroxylation is 1. The fourth-order valence-corrected chi connectivity index (χ4v) is 6.26. The van der Waals surface area contributed by atoms with Crippen LogP contribution in [0.3, 0.4) is 0 Å². The number of hydrogen-bond acceptors (Lipinski definition) is 8. The first-order chi connectivity index (χ1) is 22.2. The van der Waals surface area contributed by atoms with Crippen LogP contribution in [0.25, 0.3) is 0 Å². The van der Waals surface area contributed by atoms with Crippen LogP contribution in [0, 0.1) is 12.7 Å². The number of halogens is 1. The Bertz CT molecular complexity index is 1710. The molecule has 0 bridgehead atoms. The molecular formula is C33H37FN6O5S. The van der Waals surface area contributed by atoms with E-state index >= 15 is 0 Å². The van der Waals surface area contributed by atoms with Gasteiger partial charge in [-0.15, -0.1) is 0 Å². The lowest BCUT2D eigenvalue weighted by Crippen LogP contribution is -2.52. The Balaban J connectivity index is 1.23. The van der Waals surface area contributed by atoms with Gasteiger partial charge in [0, 0.05) is 44.7 Å². The lowest BCUT2D eigenvalue weighted by atomic mass is 9.87. The van der Waals surface area contributed by atoms with Gasteiger partial charge in [0.05, 0.1) is 29.6 Å². The van der Waals surface area contributed by atoms with E-state index < -0.39 is 10.0 Å². The predicted octanol–water partition coefficient (Wildman–Crippen LogP) is 5.17. The van der Waals surface area contributed by atoms with E-state index in [1.54, 1.807) is 48.8 Å².